The van der Waals surface area contributed by atoms with Crippen LogP contribution in [0.25, 0.3) is 0 Å². The average molecular weight is 298 g/mol. The van der Waals surface area contributed by atoms with E-state index in [0.717, 1.165) is 29.0 Å². The summed E-state index contributed by atoms with van der Waals surface area (Å²) in [5, 5.41) is 3.45. The first kappa shape index (κ1) is 14.1. The van der Waals surface area contributed by atoms with Crippen LogP contribution in [0.15, 0.2) is 24.3 Å². The average Bonchev–Trinajstić information content (AvgIpc) is 2.45. The van der Waals surface area contributed by atoms with Crippen LogP contribution in [0.3, 0.4) is 0 Å². The summed E-state index contributed by atoms with van der Waals surface area (Å²) in [6.45, 7) is 0. The van der Waals surface area contributed by atoms with Gasteiger partial charge in [-0.1, -0.05) is 6.07 Å². The molecule has 4 aliphatic rings. The summed E-state index contributed by atoms with van der Waals surface area (Å²) in [6.07, 6.45) is 7.84. The maximum Gasteiger partial charge on any atom is 0.251 e. The highest BCUT2D eigenvalue weighted by Gasteiger charge is 2.51. The molecule has 0 heterocycles. The lowest BCUT2D eigenvalue weighted by atomic mass is 9.53. The molecule has 1 amide bonds. The first-order chi connectivity index (χ1) is 10.5. The highest BCUT2D eigenvalue weighted by molar-refractivity contribution is 5.95. The number of amides is 1. The molecule has 3 nitrogen and oxygen atoms in total. The Balaban J connectivity index is 1.53. The molecule has 0 saturated heterocycles. The zero-order valence-electron chi connectivity index (χ0n) is 13.6. The van der Waals surface area contributed by atoms with E-state index in [-0.39, 0.29) is 11.4 Å². The van der Waals surface area contributed by atoms with E-state index in [1.54, 1.807) is 0 Å². The number of benzene rings is 1. The smallest absolute Gasteiger partial charge is 0.251 e. The van der Waals surface area contributed by atoms with Crippen molar-refractivity contribution in [3.05, 3.63) is 29.8 Å². The maximum absolute atomic E-state index is 12.8. The van der Waals surface area contributed by atoms with Crippen LogP contribution < -0.4 is 10.2 Å². The van der Waals surface area contributed by atoms with Crippen molar-refractivity contribution in [2.24, 2.45) is 17.8 Å². The topological polar surface area (TPSA) is 32.3 Å². The lowest BCUT2D eigenvalue weighted by Gasteiger charge is -2.56. The van der Waals surface area contributed by atoms with E-state index in [9.17, 15) is 4.79 Å². The van der Waals surface area contributed by atoms with Crippen molar-refractivity contribution in [2.45, 2.75) is 44.1 Å². The van der Waals surface area contributed by atoms with Gasteiger partial charge in [0.05, 0.1) is 0 Å². The minimum absolute atomic E-state index is 0.0972. The van der Waals surface area contributed by atoms with Gasteiger partial charge in [0.2, 0.25) is 0 Å². The van der Waals surface area contributed by atoms with Gasteiger partial charge in [0.15, 0.2) is 0 Å². The largest absolute Gasteiger partial charge is 0.378 e. The second kappa shape index (κ2) is 5.00. The van der Waals surface area contributed by atoms with Crippen LogP contribution in [-0.2, 0) is 0 Å². The van der Waals surface area contributed by atoms with Crippen molar-refractivity contribution in [3.8, 4) is 0 Å². The molecular weight excluding hydrogens is 272 g/mol. The number of nitrogens with zero attached hydrogens (tertiary/aromatic N) is 1. The Labute approximate surface area is 133 Å². The van der Waals surface area contributed by atoms with Crippen LogP contribution in [-0.4, -0.2) is 25.5 Å². The Bertz CT molecular complexity index is 558. The van der Waals surface area contributed by atoms with Crippen LogP contribution in [0.1, 0.15) is 48.9 Å². The van der Waals surface area contributed by atoms with Crippen LogP contribution >= 0.6 is 0 Å². The molecule has 0 atom stereocenters. The molecule has 4 bridgehead atoms. The third-order valence-electron chi connectivity index (χ3n) is 6.04. The van der Waals surface area contributed by atoms with Gasteiger partial charge in [0.1, 0.15) is 0 Å². The number of carbonyl (C=O) groups is 1. The molecule has 0 spiro atoms. The molecule has 4 saturated carbocycles. The first-order valence-corrected chi connectivity index (χ1v) is 8.63. The Morgan fingerprint density at radius 2 is 1.68 bits per heavy atom. The molecule has 22 heavy (non-hydrogen) atoms. The lowest BCUT2D eigenvalue weighted by molar-refractivity contribution is -0.0167. The molecule has 0 aliphatic heterocycles. The van der Waals surface area contributed by atoms with Gasteiger partial charge in [0.25, 0.3) is 5.91 Å². The number of carbonyl (C=O) groups excluding carboxylic acids is 1. The predicted molar refractivity (Wildman–Crippen MR) is 89.1 cm³/mol. The highest BCUT2D eigenvalue weighted by atomic mass is 16.1. The number of hydrogen-bond acceptors (Lipinski definition) is 2. The highest BCUT2D eigenvalue weighted by Crippen LogP contribution is 2.55. The minimum Gasteiger partial charge on any atom is -0.378 e. The van der Waals surface area contributed by atoms with Gasteiger partial charge in [-0.15, -0.1) is 0 Å². The monoisotopic (exact) mass is 298 g/mol. The third-order valence-corrected chi connectivity index (χ3v) is 6.04. The fourth-order valence-corrected chi connectivity index (χ4v) is 5.50. The van der Waals surface area contributed by atoms with E-state index in [4.69, 9.17) is 0 Å². The molecule has 1 aromatic carbocycles. The van der Waals surface area contributed by atoms with Gasteiger partial charge < -0.3 is 10.2 Å². The third kappa shape index (κ3) is 2.41. The van der Waals surface area contributed by atoms with Crippen molar-refractivity contribution in [3.63, 3.8) is 0 Å². The molecule has 4 aliphatic carbocycles. The van der Waals surface area contributed by atoms with Gasteiger partial charge in [0, 0.05) is 30.9 Å². The van der Waals surface area contributed by atoms with Crippen molar-refractivity contribution in [2.75, 3.05) is 19.0 Å². The van der Waals surface area contributed by atoms with E-state index in [1.807, 2.05) is 43.3 Å². The van der Waals surface area contributed by atoms with Crippen molar-refractivity contribution < 1.29 is 4.79 Å². The van der Waals surface area contributed by atoms with E-state index in [2.05, 4.69) is 5.32 Å². The van der Waals surface area contributed by atoms with Crippen LogP contribution in [0.5, 0.6) is 0 Å². The fraction of sp³-hybridized carbons (Fsp3) is 0.632. The summed E-state index contributed by atoms with van der Waals surface area (Å²) in [6, 6.07) is 7.95. The molecule has 3 heteroatoms. The van der Waals surface area contributed by atoms with E-state index >= 15 is 0 Å². The summed E-state index contributed by atoms with van der Waals surface area (Å²) in [5.41, 5.74) is 1.97. The first-order valence-electron chi connectivity index (χ1n) is 8.63. The normalized spacial score (nSPS) is 35.5. The predicted octanol–water partition coefficient (Wildman–Crippen LogP) is 3.45. The minimum atomic E-state index is 0.0972. The van der Waals surface area contributed by atoms with Gasteiger partial charge >= 0.3 is 0 Å². The Morgan fingerprint density at radius 3 is 2.23 bits per heavy atom. The van der Waals surface area contributed by atoms with Crippen LogP contribution in [0, 0.1) is 17.8 Å². The molecule has 5 rings (SSSR count). The van der Waals surface area contributed by atoms with Crippen molar-refractivity contribution >= 4 is 11.6 Å². The molecule has 1 aromatic rings. The van der Waals surface area contributed by atoms with Gasteiger partial charge in [-0.25, -0.2) is 0 Å². The summed E-state index contributed by atoms with van der Waals surface area (Å²) in [4.78, 5) is 14.8. The van der Waals surface area contributed by atoms with Crippen molar-refractivity contribution in [1.82, 2.24) is 5.32 Å². The molecule has 1 N–H and O–H groups in total. The van der Waals surface area contributed by atoms with Gasteiger partial charge in [-0.2, -0.15) is 0 Å². The molecule has 4 fully saturated rings. The van der Waals surface area contributed by atoms with E-state index < -0.39 is 0 Å². The van der Waals surface area contributed by atoms with Gasteiger partial charge in [-0.05, 0) is 74.5 Å². The molecule has 0 unspecified atom stereocenters. The summed E-state index contributed by atoms with van der Waals surface area (Å²) >= 11 is 0. The Kier molecular flexibility index (Phi) is 3.21. The molecule has 0 radical (unpaired) electrons. The van der Waals surface area contributed by atoms with E-state index in [0.29, 0.717) is 0 Å². The Hall–Kier alpha value is -1.51. The van der Waals surface area contributed by atoms with Crippen molar-refractivity contribution in [1.29, 1.82) is 0 Å². The lowest BCUT2D eigenvalue weighted by Crippen LogP contribution is -2.59. The van der Waals surface area contributed by atoms with E-state index in [1.165, 1.54) is 38.5 Å². The van der Waals surface area contributed by atoms with Gasteiger partial charge in [-0.3, -0.25) is 4.79 Å². The zero-order chi connectivity index (χ0) is 15.3. The van der Waals surface area contributed by atoms with Crippen LogP contribution in [0.4, 0.5) is 5.69 Å². The van der Waals surface area contributed by atoms with Crippen LogP contribution in [0.2, 0.25) is 0 Å². The standard InChI is InChI=1S/C19H26N2O/c1-21(2)17-5-3-4-16(9-17)18(22)20-19-10-13-6-14(11-19)8-15(7-13)12-19/h3-5,9,13-15H,6-8,10-12H2,1-2H3,(H,20,22). The second-order valence-electron chi connectivity index (χ2n) is 8.10. The summed E-state index contributed by atoms with van der Waals surface area (Å²) in [5.74, 6) is 2.70. The SMILES string of the molecule is CN(C)c1cccc(C(=O)NC23CC4CC(CC(C4)C2)C3)c1. The second-order valence-corrected chi connectivity index (χ2v) is 8.10. The molecule has 0 aromatic heterocycles. The fourth-order valence-electron chi connectivity index (χ4n) is 5.50. The molecular formula is C19H26N2O. The summed E-state index contributed by atoms with van der Waals surface area (Å²) < 4.78 is 0. The Morgan fingerprint density at radius 1 is 1.09 bits per heavy atom. The number of hydrogen-bond donors (Lipinski definition) is 1. The zero-order valence-corrected chi connectivity index (χ0v) is 13.6. The molecule has 118 valence electrons. The number of anilines is 1. The number of nitrogens with one attached hydrogen (secondary N) is 1. The number of rotatable bonds is 3. The quantitative estimate of drug-likeness (QED) is 0.927. The maximum atomic E-state index is 12.8. The summed E-state index contributed by atoms with van der Waals surface area (Å²) in [7, 11) is 4.02.